The summed E-state index contributed by atoms with van der Waals surface area (Å²) in [6, 6.07) is 2.11. The van der Waals surface area contributed by atoms with Crippen LogP contribution in [-0.2, 0) is 0 Å². The van der Waals surface area contributed by atoms with Gasteiger partial charge in [0.25, 0.3) is 0 Å². The maximum Gasteiger partial charge on any atom is 0.224 e. The first-order valence-electron chi connectivity index (χ1n) is 3.75. The highest BCUT2D eigenvalue weighted by Crippen LogP contribution is 2.17. The van der Waals surface area contributed by atoms with Crippen LogP contribution in [0.15, 0.2) is 12.3 Å². The summed E-state index contributed by atoms with van der Waals surface area (Å²) >= 11 is 5.63. The molecule has 0 amide bonds. The van der Waals surface area contributed by atoms with Gasteiger partial charge in [0.15, 0.2) is 0 Å². The molecule has 2 heterocycles. The number of aromatic nitrogens is 2. The fraction of sp³-hybridized carbons (Fsp3) is 0.429. The second kappa shape index (κ2) is 2.88. The number of nitrogens with two attached hydrogens (primary N) is 1. The molecular formula is C7H9ClN4. The fourth-order valence-electron chi connectivity index (χ4n) is 1.20. The van der Waals surface area contributed by atoms with E-state index in [9.17, 15) is 0 Å². The van der Waals surface area contributed by atoms with Gasteiger partial charge in [-0.05, 0) is 17.7 Å². The number of rotatable bonds is 1. The van der Waals surface area contributed by atoms with Crippen molar-refractivity contribution >= 4 is 17.4 Å². The molecule has 1 aliphatic heterocycles. The largest absolute Gasteiger partial charge is 0.353 e. The summed E-state index contributed by atoms with van der Waals surface area (Å²) in [5, 5.41) is 0.285. The van der Waals surface area contributed by atoms with Crippen LogP contribution in [-0.4, -0.2) is 29.1 Å². The van der Waals surface area contributed by atoms with Crippen molar-refractivity contribution in [3.63, 3.8) is 0 Å². The van der Waals surface area contributed by atoms with Crippen molar-refractivity contribution in [3.8, 4) is 0 Å². The molecule has 1 fully saturated rings. The molecule has 0 aromatic carbocycles. The van der Waals surface area contributed by atoms with Crippen molar-refractivity contribution in [2.45, 2.75) is 6.04 Å². The SMILES string of the molecule is NC1CN(c2ccnc(Cl)n2)C1. The van der Waals surface area contributed by atoms with Crippen LogP contribution in [0, 0.1) is 0 Å². The molecular weight excluding hydrogens is 176 g/mol. The van der Waals surface area contributed by atoms with Gasteiger partial charge in [0, 0.05) is 25.3 Å². The number of anilines is 1. The van der Waals surface area contributed by atoms with Gasteiger partial charge in [-0.3, -0.25) is 0 Å². The van der Waals surface area contributed by atoms with Crippen LogP contribution >= 0.6 is 11.6 Å². The predicted molar refractivity (Wildman–Crippen MR) is 47.2 cm³/mol. The Labute approximate surface area is 75.4 Å². The molecule has 0 aliphatic carbocycles. The lowest BCUT2D eigenvalue weighted by atomic mass is 10.1. The number of halogens is 1. The van der Waals surface area contributed by atoms with E-state index in [-0.39, 0.29) is 11.3 Å². The third-order valence-electron chi connectivity index (χ3n) is 1.85. The highest BCUT2D eigenvalue weighted by Gasteiger charge is 2.24. The van der Waals surface area contributed by atoms with Crippen LogP contribution < -0.4 is 10.6 Å². The summed E-state index contributed by atoms with van der Waals surface area (Å²) in [6.07, 6.45) is 1.65. The van der Waals surface area contributed by atoms with E-state index >= 15 is 0 Å². The minimum atomic E-state index is 0.277. The first kappa shape index (κ1) is 7.76. The van der Waals surface area contributed by atoms with Crippen molar-refractivity contribution < 1.29 is 0 Å². The van der Waals surface area contributed by atoms with Crippen molar-refractivity contribution in [2.24, 2.45) is 5.73 Å². The molecule has 0 atom stereocenters. The topological polar surface area (TPSA) is 55.0 Å². The summed E-state index contributed by atoms with van der Waals surface area (Å²) in [7, 11) is 0. The highest BCUT2D eigenvalue weighted by atomic mass is 35.5. The zero-order chi connectivity index (χ0) is 8.55. The van der Waals surface area contributed by atoms with Gasteiger partial charge in [0.1, 0.15) is 5.82 Å². The van der Waals surface area contributed by atoms with Crippen molar-refractivity contribution in [3.05, 3.63) is 17.5 Å². The molecule has 0 bridgehead atoms. The zero-order valence-electron chi connectivity index (χ0n) is 6.44. The van der Waals surface area contributed by atoms with E-state index in [0.717, 1.165) is 18.9 Å². The molecule has 0 saturated carbocycles. The molecule has 0 radical (unpaired) electrons. The van der Waals surface area contributed by atoms with Gasteiger partial charge in [-0.1, -0.05) is 0 Å². The molecule has 1 aromatic rings. The Bertz CT molecular complexity index is 284. The van der Waals surface area contributed by atoms with Gasteiger partial charge < -0.3 is 10.6 Å². The Kier molecular flexibility index (Phi) is 1.86. The molecule has 1 aliphatic rings. The van der Waals surface area contributed by atoms with E-state index in [2.05, 4.69) is 14.9 Å². The standard InChI is InChI=1S/C7H9ClN4/c8-7-10-2-1-6(11-7)12-3-5(9)4-12/h1-2,5H,3-4,9H2. The number of nitrogens with zero attached hydrogens (tertiary/aromatic N) is 3. The summed E-state index contributed by atoms with van der Waals surface area (Å²) in [5.74, 6) is 0.858. The highest BCUT2D eigenvalue weighted by molar-refractivity contribution is 6.28. The minimum Gasteiger partial charge on any atom is -0.353 e. The number of hydrogen-bond donors (Lipinski definition) is 1. The normalized spacial score (nSPS) is 17.7. The number of hydrogen-bond acceptors (Lipinski definition) is 4. The summed E-state index contributed by atoms with van der Waals surface area (Å²) in [4.78, 5) is 9.92. The van der Waals surface area contributed by atoms with Gasteiger partial charge in [0.2, 0.25) is 5.28 Å². The van der Waals surface area contributed by atoms with Crippen LogP contribution in [0.1, 0.15) is 0 Å². The van der Waals surface area contributed by atoms with Crippen molar-refractivity contribution in [1.82, 2.24) is 9.97 Å². The van der Waals surface area contributed by atoms with Crippen LogP contribution in [0.25, 0.3) is 0 Å². The minimum absolute atomic E-state index is 0.277. The Morgan fingerprint density at radius 2 is 2.33 bits per heavy atom. The van der Waals surface area contributed by atoms with Gasteiger partial charge in [-0.25, -0.2) is 9.97 Å². The average Bonchev–Trinajstić information content (AvgIpc) is 1.99. The Hall–Kier alpha value is -0.870. The lowest BCUT2D eigenvalue weighted by Crippen LogP contribution is -2.56. The molecule has 12 heavy (non-hydrogen) atoms. The zero-order valence-corrected chi connectivity index (χ0v) is 7.20. The van der Waals surface area contributed by atoms with E-state index in [1.807, 2.05) is 6.07 Å². The molecule has 2 N–H and O–H groups in total. The van der Waals surface area contributed by atoms with Crippen LogP contribution in [0.2, 0.25) is 5.28 Å². The molecule has 64 valence electrons. The molecule has 5 heteroatoms. The molecule has 4 nitrogen and oxygen atoms in total. The van der Waals surface area contributed by atoms with E-state index in [4.69, 9.17) is 17.3 Å². The van der Waals surface area contributed by atoms with Crippen molar-refractivity contribution in [1.29, 1.82) is 0 Å². The van der Waals surface area contributed by atoms with Gasteiger partial charge in [-0.2, -0.15) is 0 Å². The molecule has 1 saturated heterocycles. The fourth-order valence-corrected chi connectivity index (χ4v) is 1.34. The van der Waals surface area contributed by atoms with E-state index in [1.54, 1.807) is 6.20 Å². The van der Waals surface area contributed by atoms with Gasteiger partial charge >= 0.3 is 0 Å². The van der Waals surface area contributed by atoms with E-state index in [1.165, 1.54) is 0 Å². The predicted octanol–water partition coefficient (Wildman–Crippen LogP) is 0.277. The molecule has 0 spiro atoms. The first-order chi connectivity index (χ1) is 5.75. The third-order valence-corrected chi connectivity index (χ3v) is 2.03. The van der Waals surface area contributed by atoms with Gasteiger partial charge in [0.05, 0.1) is 0 Å². The third kappa shape index (κ3) is 1.35. The monoisotopic (exact) mass is 184 g/mol. The second-order valence-electron chi connectivity index (χ2n) is 2.85. The Morgan fingerprint density at radius 3 is 2.92 bits per heavy atom. The molecule has 0 unspecified atom stereocenters. The lowest BCUT2D eigenvalue weighted by Gasteiger charge is -2.37. The maximum absolute atomic E-state index is 5.63. The first-order valence-corrected chi connectivity index (χ1v) is 4.12. The van der Waals surface area contributed by atoms with E-state index in [0.29, 0.717) is 0 Å². The van der Waals surface area contributed by atoms with Crippen molar-refractivity contribution in [2.75, 3.05) is 18.0 Å². The molecule has 2 rings (SSSR count). The smallest absolute Gasteiger partial charge is 0.224 e. The maximum atomic E-state index is 5.63. The Balaban J connectivity index is 2.13. The van der Waals surface area contributed by atoms with Gasteiger partial charge in [-0.15, -0.1) is 0 Å². The van der Waals surface area contributed by atoms with Crippen LogP contribution in [0.5, 0.6) is 0 Å². The quantitative estimate of drug-likeness (QED) is 0.637. The summed E-state index contributed by atoms with van der Waals surface area (Å²) in [6.45, 7) is 1.71. The van der Waals surface area contributed by atoms with Crippen LogP contribution in [0.4, 0.5) is 5.82 Å². The Morgan fingerprint density at radius 1 is 1.58 bits per heavy atom. The van der Waals surface area contributed by atoms with Crippen LogP contribution in [0.3, 0.4) is 0 Å². The summed E-state index contributed by atoms with van der Waals surface area (Å²) in [5.41, 5.74) is 5.63. The average molecular weight is 185 g/mol. The summed E-state index contributed by atoms with van der Waals surface area (Å²) < 4.78 is 0. The van der Waals surface area contributed by atoms with E-state index < -0.39 is 0 Å². The lowest BCUT2D eigenvalue weighted by molar-refractivity contribution is 0.514. The second-order valence-corrected chi connectivity index (χ2v) is 3.19. The molecule has 1 aromatic heterocycles.